The minimum Gasteiger partial charge on any atom is -0.322 e. The van der Waals surface area contributed by atoms with Crippen LogP contribution in [0.2, 0.25) is 0 Å². The number of nitrogens with one attached hydrogen (secondary N) is 1. The molecule has 7 nitrogen and oxygen atoms in total. The number of amides is 3. The standard InChI is InChI=1S/C26H30N4O3/c1-26(2)9-3-11-29(16-26)14-17-8-10-27-21(12-17)18-4-5-20-19(13-18)15-30(25(20)33)22-6-7-23(31)28-24(22)32/h4-5,8,10,12-13,22H,3,6-7,9,11,14-16H2,1-2H3,(H,28,31,32). The largest absolute Gasteiger partial charge is 0.322 e. The third-order valence-corrected chi connectivity index (χ3v) is 7.03. The summed E-state index contributed by atoms with van der Waals surface area (Å²) in [6, 6.07) is 9.39. The molecule has 1 aromatic heterocycles. The van der Waals surface area contributed by atoms with Crippen LogP contribution in [0.15, 0.2) is 36.5 Å². The first-order valence-electron chi connectivity index (χ1n) is 11.7. The molecule has 33 heavy (non-hydrogen) atoms. The molecule has 0 saturated carbocycles. The molecule has 3 aliphatic heterocycles. The zero-order chi connectivity index (χ0) is 23.2. The van der Waals surface area contributed by atoms with Crippen molar-refractivity contribution in [1.29, 1.82) is 0 Å². The van der Waals surface area contributed by atoms with E-state index in [4.69, 9.17) is 0 Å². The molecule has 4 heterocycles. The first-order valence-corrected chi connectivity index (χ1v) is 11.7. The van der Waals surface area contributed by atoms with Gasteiger partial charge in [0, 0.05) is 43.4 Å². The van der Waals surface area contributed by atoms with E-state index >= 15 is 0 Å². The van der Waals surface area contributed by atoms with Crippen molar-refractivity contribution in [2.45, 2.75) is 58.7 Å². The van der Waals surface area contributed by atoms with Gasteiger partial charge in [0.15, 0.2) is 0 Å². The number of imide groups is 1. The van der Waals surface area contributed by atoms with Crippen molar-refractivity contribution < 1.29 is 14.4 Å². The van der Waals surface area contributed by atoms with Gasteiger partial charge in [-0.2, -0.15) is 0 Å². The van der Waals surface area contributed by atoms with Crippen LogP contribution in [0, 0.1) is 5.41 Å². The Bertz CT molecular complexity index is 1130. The third kappa shape index (κ3) is 4.42. The van der Waals surface area contributed by atoms with Gasteiger partial charge < -0.3 is 4.90 Å². The van der Waals surface area contributed by atoms with E-state index in [-0.39, 0.29) is 24.1 Å². The summed E-state index contributed by atoms with van der Waals surface area (Å²) >= 11 is 0. The van der Waals surface area contributed by atoms with Crippen molar-refractivity contribution in [1.82, 2.24) is 20.1 Å². The Morgan fingerprint density at radius 2 is 2.00 bits per heavy atom. The zero-order valence-electron chi connectivity index (χ0n) is 19.3. The minimum absolute atomic E-state index is 0.152. The van der Waals surface area contributed by atoms with E-state index in [9.17, 15) is 14.4 Å². The number of aromatic nitrogens is 1. The molecule has 7 heteroatoms. The molecule has 0 bridgehead atoms. The van der Waals surface area contributed by atoms with Crippen LogP contribution in [0.25, 0.3) is 11.3 Å². The summed E-state index contributed by atoms with van der Waals surface area (Å²) in [6.45, 7) is 8.17. The predicted octanol–water partition coefficient (Wildman–Crippen LogP) is 3.13. The highest BCUT2D eigenvalue weighted by atomic mass is 16.2. The van der Waals surface area contributed by atoms with Crippen LogP contribution in [0.5, 0.6) is 0 Å². The van der Waals surface area contributed by atoms with Crippen molar-refractivity contribution in [3.05, 3.63) is 53.2 Å². The molecule has 1 aromatic carbocycles. The highest BCUT2D eigenvalue weighted by Crippen LogP contribution is 2.32. The zero-order valence-corrected chi connectivity index (χ0v) is 19.3. The maximum absolute atomic E-state index is 12.9. The van der Waals surface area contributed by atoms with Gasteiger partial charge in [0.05, 0.1) is 5.69 Å². The number of carbonyl (C=O) groups excluding carboxylic acids is 3. The van der Waals surface area contributed by atoms with Crippen molar-refractivity contribution in [2.75, 3.05) is 13.1 Å². The quantitative estimate of drug-likeness (QED) is 0.730. The van der Waals surface area contributed by atoms with Gasteiger partial charge >= 0.3 is 0 Å². The molecule has 1 unspecified atom stereocenters. The van der Waals surface area contributed by atoms with Crippen LogP contribution in [0.4, 0.5) is 0 Å². The molecule has 0 spiro atoms. The predicted molar refractivity (Wildman–Crippen MR) is 124 cm³/mol. The third-order valence-electron chi connectivity index (χ3n) is 7.03. The molecule has 2 fully saturated rings. The SMILES string of the molecule is CC1(C)CCCN(Cc2ccnc(-c3ccc4c(c3)CN(C3CCC(=O)NC3=O)C4=O)c2)C1. The molecular formula is C26H30N4O3. The normalized spacial score (nSPS) is 22.9. The number of pyridine rings is 1. The number of fused-ring (bicyclic) bond motifs is 1. The van der Waals surface area contributed by atoms with Gasteiger partial charge in [0.2, 0.25) is 11.8 Å². The molecule has 2 saturated heterocycles. The van der Waals surface area contributed by atoms with Gasteiger partial charge in [-0.15, -0.1) is 0 Å². The Morgan fingerprint density at radius 1 is 1.15 bits per heavy atom. The molecular weight excluding hydrogens is 416 g/mol. The molecule has 3 aliphatic rings. The number of rotatable bonds is 4. The number of likely N-dealkylation sites (tertiary alicyclic amines) is 1. The lowest BCUT2D eigenvalue weighted by molar-refractivity contribution is -0.136. The molecule has 5 rings (SSSR count). The van der Waals surface area contributed by atoms with Crippen LogP contribution in [-0.4, -0.2) is 51.6 Å². The van der Waals surface area contributed by atoms with Gasteiger partial charge in [-0.1, -0.05) is 19.9 Å². The van der Waals surface area contributed by atoms with Gasteiger partial charge in [0.25, 0.3) is 5.91 Å². The first kappa shape index (κ1) is 21.8. The lowest BCUT2D eigenvalue weighted by Gasteiger charge is -2.38. The van der Waals surface area contributed by atoms with E-state index < -0.39 is 6.04 Å². The van der Waals surface area contributed by atoms with Crippen molar-refractivity contribution in [2.24, 2.45) is 5.41 Å². The maximum atomic E-state index is 12.9. The lowest BCUT2D eigenvalue weighted by Crippen LogP contribution is -2.52. The smallest absolute Gasteiger partial charge is 0.255 e. The average Bonchev–Trinajstić information content (AvgIpc) is 3.09. The monoisotopic (exact) mass is 446 g/mol. The molecule has 1 N–H and O–H groups in total. The summed E-state index contributed by atoms with van der Waals surface area (Å²) in [7, 11) is 0. The second-order valence-electron chi connectivity index (χ2n) is 10.3. The molecule has 172 valence electrons. The van der Waals surface area contributed by atoms with Gasteiger partial charge in [0.1, 0.15) is 6.04 Å². The van der Waals surface area contributed by atoms with Crippen molar-refractivity contribution in [3.8, 4) is 11.3 Å². The number of hydrogen-bond donors (Lipinski definition) is 1. The van der Waals surface area contributed by atoms with E-state index in [1.165, 1.54) is 18.4 Å². The van der Waals surface area contributed by atoms with Crippen LogP contribution in [0.3, 0.4) is 0 Å². The first-order chi connectivity index (χ1) is 15.8. The Kier molecular flexibility index (Phi) is 5.52. The van der Waals surface area contributed by atoms with Crippen LogP contribution >= 0.6 is 0 Å². The Morgan fingerprint density at radius 3 is 2.79 bits per heavy atom. The van der Waals surface area contributed by atoms with E-state index in [1.54, 1.807) is 4.90 Å². The molecule has 0 aliphatic carbocycles. The summed E-state index contributed by atoms with van der Waals surface area (Å²) < 4.78 is 0. The van der Waals surface area contributed by atoms with E-state index in [0.717, 1.165) is 36.5 Å². The average molecular weight is 447 g/mol. The molecule has 3 amide bonds. The van der Waals surface area contributed by atoms with Crippen LogP contribution < -0.4 is 5.32 Å². The summed E-state index contributed by atoms with van der Waals surface area (Å²) in [5, 5.41) is 2.35. The fraction of sp³-hybridized carbons (Fsp3) is 0.462. The fourth-order valence-corrected chi connectivity index (χ4v) is 5.40. The second kappa shape index (κ2) is 8.37. The lowest BCUT2D eigenvalue weighted by atomic mass is 9.84. The molecule has 2 aromatic rings. The molecule has 1 atom stereocenters. The Labute approximate surface area is 194 Å². The maximum Gasteiger partial charge on any atom is 0.255 e. The topological polar surface area (TPSA) is 82.6 Å². The van der Waals surface area contributed by atoms with E-state index in [1.807, 2.05) is 24.4 Å². The number of carbonyl (C=O) groups is 3. The Hall–Kier alpha value is -3.06. The number of hydrogen-bond acceptors (Lipinski definition) is 5. The second-order valence-corrected chi connectivity index (χ2v) is 10.3. The highest BCUT2D eigenvalue weighted by molar-refractivity contribution is 6.05. The van der Waals surface area contributed by atoms with Gasteiger partial charge in [-0.3, -0.25) is 29.6 Å². The van der Waals surface area contributed by atoms with E-state index in [0.29, 0.717) is 23.9 Å². The van der Waals surface area contributed by atoms with Crippen molar-refractivity contribution in [3.63, 3.8) is 0 Å². The number of nitrogens with zero attached hydrogens (tertiary/aromatic N) is 3. The summed E-state index contributed by atoms with van der Waals surface area (Å²) in [5.74, 6) is -0.815. The van der Waals surface area contributed by atoms with E-state index in [2.05, 4.69) is 41.2 Å². The van der Waals surface area contributed by atoms with Crippen LogP contribution in [-0.2, 0) is 22.7 Å². The van der Waals surface area contributed by atoms with Crippen molar-refractivity contribution >= 4 is 17.7 Å². The Balaban J connectivity index is 1.34. The summed E-state index contributed by atoms with van der Waals surface area (Å²) in [5.41, 5.74) is 4.96. The summed E-state index contributed by atoms with van der Waals surface area (Å²) in [4.78, 5) is 45.4. The minimum atomic E-state index is -0.596. The van der Waals surface area contributed by atoms with Gasteiger partial charge in [-0.25, -0.2) is 0 Å². The summed E-state index contributed by atoms with van der Waals surface area (Å²) in [6.07, 6.45) is 4.98. The van der Waals surface area contributed by atoms with Gasteiger partial charge in [-0.05, 0) is 66.6 Å². The fourth-order valence-electron chi connectivity index (χ4n) is 5.40. The van der Waals surface area contributed by atoms with Crippen LogP contribution in [0.1, 0.15) is 61.0 Å². The highest BCUT2D eigenvalue weighted by Gasteiger charge is 2.39. The number of piperidine rings is 2. The number of benzene rings is 1. The molecule has 0 radical (unpaired) electrons.